The minimum absolute atomic E-state index is 0.149. The van der Waals surface area contributed by atoms with E-state index >= 15 is 0 Å². The van der Waals surface area contributed by atoms with Crippen LogP contribution in [0.2, 0.25) is 0 Å². The van der Waals surface area contributed by atoms with Gasteiger partial charge in [0.2, 0.25) is 0 Å². The Kier molecular flexibility index (Phi) is 3.18. The van der Waals surface area contributed by atoms with Crippen LogP contribution >= 0.6 is 0 Å². The number of nitrogens with two attached hydrogens (primary N) is 1. The van der Waals surface area contributed by atoms with Gasteiger partial charge in [-0.15, -0.1) is 0 Å². The molecule has 0 saturated carbocycles. The number of benzene rings is 1. The number of hydrogen-bond donors (Lipinski definition) is 1. The van der Waals surface area contributed by atoms with Gasteiger partial charge in [0.1, 0.15) is 5.75 Å². The highest BCUT2D eigenvalue weighted by molar-refractivity contribution is 5.57. The largest absolute Gasteiger partial charge is 0.494 e. The van der Waals surface area contributed by atoms with Crippen molar-refractivity contribution in [2.45, 2.75) is 6.92 Å². The van der Waals surface area contributed by atoms with Crippen molar-refractivity contribution in [2.75, 3.05) is 12.3 Å². The Hall–Kier alpha value is -2.17. The molecule has 0 atom stereocenters. The van der Waals surface area contributed by atoms with Gasteiger partial charge in [-0.1, -0.05) is 0 Å². The molecule has 2 N–H and O–H groups in total. The van der Waals surface area contributed by atoms with Crippen molar-refractivity contribution in [2.24, 2.45) is 0 Å². The third-order valence-electron chi connectivity index (χ3n) is 2.19. The van der Waals surface area contributed by atoms with E-state index in [1.807, 2.05) is 19.1 Å². The van der Waals surface area contributed by atoms with Crippen LogP contribution in [0, 0.1) is 5.82 Å². The third kappa shape index (κ3) is 2.50. The number of aromatic nitrogens is 2. The van der Waals surface area contributed by atoms with Crippen LogP contribution in [0.25, 0.3) is 11.4 Å². The van der Waals surface area contributed by atoms with Crippen LogP contribution in [0.3, 0.4) is 0 Å². The maximum absolute atomic E-state index is 12.9. The summed E-state index contributed by atoms with van der Waals surface area (Å²) in [6.07, 6.45) is 1.06. The van der Waals surface area contributed by atoms with Crippen molar-refractivity contribution in [3.63, 3.8) is 0 Å². The molecule has 88 valence electrons. The van der Waals surface area contributed by atoms with E-state index in [1.165, 1.54) is 0 Å². The summed E-state index contributed by atoms with van der Waals surface area (Å²) in [7, 11) is 0. The van der Waals surface area contributed by atoms with E-state index in [9.17, 15) is 4.39 Å². The van der Waals surface area contributed by atoms with Gasteiger partial charge in [0.15, 0.2) is 17.5 Å². The molecule has 0 unspecified atom stereocenters. The first kappa shape index (κ1) is 11.3. The van der Waals surface area contributed by atoms with E-state index in [0.29, 0.717) is 12.4 Å². The normalized spacial score (nSPS) is 10.2. The summed E-state index contributed by atoms with van der Waals surface area (Å²) in [6.45, 7) is 2.52. The van der Waals surface area contributed by atoms with Crippen molar-refractivity contribution in [3.8, 4) is 17.1 Å². The first-order valence-electron chi connectivity index (χ1n) is 5.22. The molecule has 0 fully saturated rings. The predicted molar refractivity (Wildman–Crippen MR) is 63.0 cm³/mol. The van der Waals surface area contributed by atoms with Gasteiger partial charge >= 0.3 is 0 Å². The summed E-state index contributed by atoms with van der Waals surface area (Å²) in [5, 5.41) is 0. The van der Waals surface area contributed by atoms with E-state index in [-0.39, 0.29) is 5.82 Å². The number of ether oxygens (including phenoxy) is 1. The fourth-order valence-corrected chi connectivity index (χ4v) is 1.39. The summed E-state index contributed by atoms with van der Waals surface area (Å²) < 4.78 is 18.2. The van der Waals surface area contributed by atoms with Gasteiger partial charge in [0.25, 0.3) is 0 Å². The monoisotopic (exact) mass is 233 g/mol. The molecule has 0 bridgehead atoms. The number of nitrogens with zero attached hydrogens (tertiary/aromatic N) is 2. The Morgan fingerprint density at radius 2 is 2.00 bits per heavy atom. The van der Waals surface area contributed by atoms with Gasteiger partial charge in [0.05, 0.1) is 12.8 Å². The fraction of sp³-hybridized carbons (Fsp3) is 0.167. The average Bonchev–Trinajstić information content (AvgIpc) is 2.34. The Morgan fingerprint density at radius 1 is 1.29 bits per heavy atom. The summed E-state index contributed by atoms with van der Waals surface area (Å²) in [6, 6.07) is 7.22. The Balaban J connectivity index is 2.30. The second kappa shape index (κ2) is 4.78. The molecule has 1 heterocycles. The molecule has 0 radical (unpaired) electrons. The van der Waals surface area contributed by atoms with Crippen LogP contribution in [0.5, 0.6) is 5.75 Å². The zero-order valence-corrected chi connectivity index (χ0v) is 9.35. The zero-order chi connectivity index (χ0) is 12.3. The van der Waals surface area contributed by atoms with Crippen LogP contribution in [-0.2, 0) is 0 Å². The van der Waals surface area contributed by atoms with Crippen LogP contribution in [0.15, 0.2) is 30.5 Å². The maximum Gasteiger partial charge on any atom is 0.183 e. The van der Waals surface area contributed by atoms with E-state index in [2.05, 4.69) is 9.97 Å². The maximum atomic E-state index is 12.9. The molecule has 0 amide bonds. The molecule has 0 aliphatic rings. The molecule has 1 aromatic heterocycles. The number of nitrogen functional groups attached to an aromatic ring is 1. The first-order chi connectivity index (χ1) is 8.20. The second-order valence-corrected chi connectivity index (χ2v) is 3.38. The summed E-state index contributed by atoms with van der Waals surface area (Å²) in [5.74, 6) is 0.404. The molecule has 0 aliphatic carbocycles. The minimum atomic E-state index is -0.611. The van der Waals surface area contributed by atoms with Gasteiger partial charge in [-0.3, -0.25) is 0 Å². The van der Waals surface area contributed by atoms with Gasteiger partial charge in [-0.2, -0.15) is 0 Å². The number of hydrogen-bond acceptors (Lipinski definition) is 4. The molecule has 1 aromatic carbocycles. The fourth-order valence-electron chi connectivity index (χ4n) is 1.39. The van der Waals surface area contributed by atoms with Crippen LogP contribution in [-0.4, -0.2) is 16.6 Å². The average molecular weight is 233 g/mol. The molecule has 17 heavy (non-hydrogen) atoms. The molecular formula is C12H12FN3O. The molecule has 0 aliphatic heterocycles. The lowest BCUT2D eigenvalue weighted by Gasteiger charge is -2.04. The van der Waals surface area contributed by atoms with Gasteiger partial charge < -0.3 is 10.5 Å². The van der Waals surface area contributed by atoms with Gasteiger partial charge in [-0.25, -0.2) is 14.4 Å². The molecule has 2 aromatic rings. The quantitative estimate of drug-likeness (QED) is 0.883. The SMILES string of the molecule is CCOc1ccc(-c2ncc(F)c(N)n2)cc1. The molecule has 0 spiro atoms. The first-order valence-corrected chi connectivity index (χ1v) is 5.22. The summed E-state index contributed by atoms with van der Waals surface area (Å²) >= 11 is 0. The van der Waals surface area contributed by atoms with E-state index in [0.717, 1.165) is 17.5 Å². The van der Waals surface area contributed by atoms with Crippen LogP contribution in [0.1, 0.15) is 6.92 Å². The van der Waals surface area contributed by atoms with Crippen molar-refractivity contribution in [1.29, 1.82) is 0 Å². The topological polar surface area (TPSA) is 61.0 Å². The lowest BCUT2D eigenvalue weighted by molar-refractivity contribution is 0.340. The van der Waals surface area contributed by atoms with Crippen molar-refractivity contribution >= 4 is 5.82 Å². The van der Waals surface area contributed by atoms with Crippen molar-refractivity contribution in [1.82, 2.24) is 9.97 Å². The molecule has 5 heteroatoms. The number of anilines is 1. The summed E-state index contributed by atoms with van der Waals surface area (Å²) in [5.41, 5.74) is 6.15. The smallest absolute Gasteiger partial charge is 0.183 e. The van der Waals surface area contributed by atoms with Crippen LogP contribution in [0.4, 0.5) is 10.2 Å². The van der Waals surface area contributed by atoms with Crippen molar-refractivity contribution < 1.29 is 9.13 Å². The predicted octanol–water partition coefficient (Wildman–Crippen LogP) is 2.26. The molecule has 2 rings (SSSR count). The lowest BCUT2D eigenvalue weighted by Crippen LogP contribution is -1.99. The highest BCUT2D eigenvalue weighted by Crippen LogP contribution is 2.20. The molecular weight excluding hydrogens is 221 g/mol. The third-order valence-corrected chi connectivity index (χ3v) is 2.19. The second-order valence-electron chi connectivity index (χ2n) is 3.38. The van der Waals surface area contributed by atoms with E-state index in [1.54, 1.807) is 12.1 Å². The van der Waals surface area contributed by atoms with E-state index < -0.39 is 5.82 Å². The van der Waals surface area contributed by atoms with Gasteiger partial charge in [-0.05, 0) is 31.2 Å². The highest BCUT2D eigenvalue weighted by Gasteiger charge is 2.05. The molecule has 4 nitrogen and oxygen atoms in total. The van der Waals surface area contributed by atoms with Gasteiger partial charge in [0, 0.05) is 5.56 Å². The Labute approximate surface area is 98.3 Å². The van der Waals surface area contributed by atoms with Crippen LogP contribution < -0.4 is 10.5 Å². The van der Waals surface area contributed by atoms with E-state index in [4.69, 9.17) is 10.5 Å². The number of rotatable bonds is 3. The minimum Gasteiger partial charge on any atom is -0.494 e. The van der Waals surface area contributed by atoms with Crippen molar-refractivity contribution in [3.05, 3.63) is 36.3 Å². The summed E-state index contributed by atoms with van der Waals surface area (Å²) in [4.78, 5) is 7.75. The Morgan fingerprint density at radius 3 is 2.59 bits per heavy atom. The zero-order valence-electron chi connectivity index (χ0n) is 9.35. The highest BCUT2D eigenvalue weighted by atomic mass is 19.1. The lowest BCUT2D eigenvalue weighted by atomic mass is 10.2. The standard InChI is InChI=1S/C12H12FN3O/c1-2-17-9-5-3-8(4-6-9)12-15-7-10(13)11(14)16-12/h3-7H,2H2,1H3,(H2,14,15,16). The number of halogens is 1. The molecule has 0 saturated heterocycles. The Bertz CT molecular complexity index is 514.